The molecule has 0 saturated carbocycles. The normalized spacial score (nSPS) is 13.8. The van der Waals surface area contributed by atoms with Crippen molar-refractivity contribution in [2.24, 2.45) is 5.73 Å². The maximum Gasteiger partial charge on any atom is 0.326 e. The lowest BCUT2D eigenvalue weighted by Gasteiger charge is -2.22. The Morgan fingerprint density at radius 1 is 1.00 bits per heavy atom. The fourth-order valence-electron chi connectivity index (χ4n) is 1.81. The molecule has 26 heavy (non-hydrogen) atoms. The molecule has 0 rings (SSSR count). The van der Waals surface area contributed by atoms with E-state index in [1.807, 2.05) is 0 Å². The van der Waals surface area contributed by atoms with Crippen LogP contribution in [0.15, 0.2) is 0 Å². The van der Waals surface area contributed by atoms with Crippen LogP contribution in [0.5, 0.6) is 0 Å². The zero-order valence-electron chi connectivity index (χ0n) is 14.5. The average molecular weight is 392 g/mol. The number of rotatable bonds is 12. The second kappa shape index (κ2) is 12.1. The van der Waals surface area contributed by atoms with Crippen molar-refractivity contribution in [2.75, 3.05) is 18.6 Å². The van der Waals surface area contributed by atoms with Crippen molar-refractivity contribution in [1.29, 1.82) is 0 Å². The van der Waals surface area contributed by atoms with Crippen LogP contribution in [0, 0.1) is 0 Å². The van der Waals surface area contributed by atoms with Gasteiger partial charge in [-0.05, 0) is 25.4 Å². The van der Waals surface area contributed by atoms with Crippen LogP contribution < -0.4 is 21.7 Å². The Morgan fingerprint density at radius 3 is 2.04 bits per heavy atom. The highest BCUT2D eigenvalue weighted by atomic mass is 32.2. The van der Waals surface area contributed by atoms with Gasteiger partial charge in [0.2, 0.25) is 17.7 Å². The number of carbonyl (C=O) groups excluding carboxylic acids is 3. The van der Waals surface area contributed by atoms with Crippen molar-refractivity contribution in [1.82, 2.24) is 16.0 Å². The molecule has 0 spiro atoms. The number of nitrogens with one attached hydrogen (secondary N) is 3. The Hall–Kier alpha value is -2.34. The summed E-state index contributed by atoms with van der Waals surface area (Å²) in [5.41, 5.74) is 5.14. The third-order valence-corrected chi connectivity index (χ3v) is 3.84. The molecule has 12 heteroatoms. The van der Waals surface area contributed by atoms with Crippen LogP contribution in [0.4, 0.5) is 0 Å². The van der Waals surface area contributed by atoms with E-state index in [-0.39, 0.29) is 13.0 Å². The number of nitrogens with two attached hydrogens (primary N) is 1. The first kappa shape index (κ1) is 23.7. The maximum absolute atomic E-state index is 12.3. The average Bonchev–Trinajstić information content (AvgIpc) is 2.56. The van der Waals surface area contributed by atoms with Gasteiger partial charge in [-0.1, -0.05) is 0 Å². The van der Waals surface area contributed by atoms with Gasteiger partial charge in [-0.15, -0.1) is 0 Å². The van der Waals surface area contributed by atoms with Gasteiger partial charge in [0.1, 0.15) is 18.1 Å². The van der Waals surface area contributed by atoms with E-state index in [0.717, 1.165) is 0 Å². The van der Waals surface area contributed by atoms with E-state index in [0.29, 0.717) is 5.75 Å². The van der Waals surface area contributed by atoms with Gasteiger partial charge in [0.05, 0.1) is 13.0 Å². The topological polar surface area (TPSA) is 188 Å². The van der Waals surface area contributed by atoms with Crippen LogP contribution in [0.3, 0.4) is 0 Å². The molecule has 11 nitrogen and oxygen atoms in total. The molecular weight excluding hydrogens is 368 g/mol. The summed E-state index contributed by atoms with van der Waals surface area (Å²) in [6, 6.07) is -3.66. The fourth-order valence-corrected chi connectivity index (χ4v) is 2.29. The van der Waals surface area contributed by atoms with Gasteiger partial charge in [-0.3, -0.25) is 19.2 Å². The molecule has 0 aliphatic rings. The third kappa shape index (κ3) is 9.22. The first-order valence-electron chi connectivity index (χ1n) is 7.66. The molecule has 148 valence electrons. The number of carboxylic acids is 2. The number of amides is 3. The van der Waals surface area contributed by atoms with Gasteiger partial charge >= 0.3 is 11.9 Å². The van der Waals surface area contributed by atoms with Gasteiger partial charge < -0.3 is 31.9 Å². The van der Waals surface area contributed by atoms with Crippen molar-refractivity contribution in [3.05, 3.63) is 0 Å². The van der Waals surface area contributed by atoms with E-state index in [4.69, 9.17) is 15.9 Å². The van der Waals surface area contributed by atoms with Crippen LogP contribution >= 0.6 is 11.8 Å². The molecule has 0 saturated heterocycles. The van der Waals surface area contributed by atoms with Gasteiger partial charge in [0.25, 0.3) is 0 Å². The standard InChI is InChI=1S/C14H24N4O7S/c1-7(16-10(19)6-15)12(22)17-8(3-4-26-2)13(23)18-9(14(24)25)5-11(20)21/h7-9H,3-6,15H2,1-2H3,(H,16,19)(H,17,22)(H,18,23)(H,20,21)(H,24,25). The number of aliphatic carboxylic acids is 2. The predicted molar refractivity (Wildman–Crippen MR) is 93.4 cm³/mol. The predicted octanol–water partition coefficient (Wildman–Crippen LogP) is -2.27. The van der Waals surface area contributed by atoms with E-state index < -0.39 is 54.2 Å². The highest BCUT2D eigenvalue weighted by Gasteiger charge is 2.29. The Kier molecular flexibility index (Phi) is 11.0. The summed E-state index contributed by atoms with van der Waals surface area (Å²) in [5.74, 6) is -4.43. The molecule has 0 aromatic heterocycles. The van der Waals surface area contributed by atoms with E-state index in [1.165, 1.54) is 18.7 Å². The Labute approximate surface area is 154 Å². The summed E-state index contributed by atoms with van der Waals surface area (Å²) in [6.07, 6.45) is 1.17. The third-order valence-electron chi connectivity index (χ3n) is 3.19. The summed E-state index contributed by atoms with van der Waals surface area (Å²) >= 11 is 1.40. The molecule has 7 N–H and O–H groups in total. The lowest BCUT2D eigenvalue weighted by Crippen LogP contribution is -2.55. The zero-order chi connectivity index (χ0) is 20.3. The van der Waals surface area contributed by atoms with Crippen LogP contribution in [0.1, 0.15) is 19.8 Å². The van der Waals surface area contributed by atoms with Crippen molar-refractivity contribution >= 4 is 41.4 Å². The fraction of sp³-hybridized carbons (Fsp3) is 0.643. The molecule has 3 amide bonds. The molecular formula is C14H24N4O7S. The number of hydrogen-bond acceptors (Lipinski definition) is 7. The quantitative estimate of drug-likeness (QED) is 0.213. The first-order valence-corrected chi connectivity index (χ1v) is 9.05. The van der Waals surface area contributed by atoms with Crippen LogP contribution in [0.25, 0.3) is 0 Å². The Morgan fingerprint density at radius 2 is 1.58 bits per heavy atom. The number of thioether (sulfide) groups is 1. The summed E-state index contributed by atoms with van der Waals surface area (Å²) in [5, 5.41) is 24.6. The van der Waals surface area contributed by atoms with E-state index in [2.05, 4.69) is 16.0 Å². The number of hydrogen-bond donors (Lipinski definition) is 6. The highest BCUT2D eigenvalue weighted by Crippen LogP contribution is 2.03. The molecule has 3 atom stereocenters. The first-order chi connectivity index (χ1) is 12.1. The molecule has 0 heterocycles. The summed E-state index contributed by atoms with van der Waals surface area (Å²) < 4.78 is 0. The molecule has 0 fully saturated rings. The van der Waals surface area contributed by atoms with Gasteiger partial charge in [0, 0.05) is 0 Å². The second-order valence-corrected chi connectivity index (χ2v) is 6.32. The monoisotopic (exact) mass is 392 g/mol. The lowest BCUT2D eigenvalue weighted by molar-refractivity contribution is -0.147. The molecule has 0 bridgehead atoms. The minimum atomic E-state index is -1.62. The van der Waals surface area contributed by atoms with Crippen LogP contribution in [-0.2, 0) is 24.0 Å². The molecule has 0 radical (unpaired) electrons. The smallest absolute Gasteiger partial charge is 0.326 e. The van der Waals surface area contributed by atoms with E-state index in [1.54, 1.807) is 6.26 Å². The minimum absolute atomic E-state index is 0.190. The second-order valence-electron chi connectivity index (χ2n) is 5.33. The Bertz CT molecular complexity index is 543. The summed E-state index contributed by atoms with van der Waals surface area (Å²) in [7, 11) is 0. The molecule has 0 aromatic carbocycles. The van der Waals surface area contributed by atoms with E-state index >= 15 is 0 Å². The SMILES string of the molecule is CSCCC(NC(=O)C(C)NC(=O)CN)C(=O)NC(CC(=O)O)C(=O)O. The minimum Gasteiger partial charge on any atom is -0.481 e. The number of carbonyl (C=O) groups is 5. The number of carboxylic acid groups (broad SMARTS) is 2. The maximum atomic E-state index is 12.3. The van der Waals surface area contributed by atoms with Crippen molar-refractivity contribution in [3.63, 3.8) is 0 Å². The summed E-state index contributed by atoms with van der Waals surface area (Å²) in [4.78, 5) is 57.4. The van der Waals surface area contributed by atoms with E-state index in [9.17, 15) is 24.0 Å². The lowest BCUT2D eigenvalue weighted by atomic mass is 10.1. The molecule has 0 aliphatic carbocycles. The van der Waals surface area contributed by atoms with Crippen molar-refractivity contribution < 1.29 is 34.2 Å². The molecule has 0 aromatic rings. The Balaban J connectivity index is 5.01. The largest absolute Gasteiger partial charge is 0.481 e. The van der Waals surface area contributed by atoms with Gasteiger partial charge in [0.15, 0.2) is 0 Å². The molecule has 3 unspecified atom stereocenters. The zero-order valence-corrected chi connectivity index (χ0v) is 15.3. The molecule has 0 aliphatic heterocycles. The van der Waals surface area contributed by atoms with Crippen LogP contribution in [0.2, 0.25) is 0 Å². The van der Waals surface area contributed by atoms with Crippen molar-refractivity contribution in [2.45, 2.75) is 37.9 Å². The van der Waals surface area contributed by atoms with Crippen molar-refractivity contribution in [3.8, 4) is 0 Å². The van der Waals surface area contributed by atoms with Crippen LogP contribution in [-0.4, -0.2) is 76.6 Å². The van der Waals surface area contributed by atoms with Gasteiger partial charge in [-0.2, -0.15) is 11.8 Å². The summed E-state index contributed by atoms with van der Waals surface area (Å²) in [6.45, 7) is 1.10. The van der Waals surface area contributed by atoms with Gasteiger partial charge in [-0.25, -0.2) is 4.79 Å². The highest BCUT2D eigenvalue weighted by molar-refractivity contribution is 7.98.